The van der Waals surface area contributed by atoms with Gasteiger partial charge in [0.1, 0.15) is 5.01 Å². The van der Waals surface area contributed by atoms with Gasteiger partial charge in [0.05, 0.1) is 18.0 Å². The molecule has 2 aromatic heterocycles. The summed E-state index contributed by atoms with van der Waals surface area (Å²) in [5, 5.41) is 3.00. The number of hydrogen-bond donors (Lipinski definition) is 0. The minimum atomic E-state index is -0.995. The highest BCUT2D eigenvalue weighted by Crippen LogP contribution is 2.28. The van der Waals surface area contributed by atoms with Crippen molar-refractivity contribution in [1.29, 1.82) is 0 Å². The Morgan fingerprint density at radius 3 is 2.76 bits per heavy atom. The van der Waals surface area contributed by atoms with E-state index in [2.05, 4.69) is 28.2 Å². The number of aromatic nitrogens is 3. The molecule has 0 amide bonds. The van der Waals surface area contributed by atoms with Gasteiger partial charge in [-0.3, -0.25) is 14.2 Å². The van der Waals surface area contributed by atoms with Crippen molar-refractivity contribution in [3.63, 3.8) is 0 Å². The van der Waals surface area contributed by atoms with Gasteiger partial charge < -0.3 is 4.74 Å². The van der Waals surface area contributed by atoms with E-state index in [4.69, 9.17) is 4.74 Å². The number of aryl methyl sites for hydroxylation is 3. The summed E-state index contributed by atoms with van der Waals surface area (Å²) in [6, 6.07) is 6.21. The molecule has 6 nitrogen and oxygen atoms in total. The van der Waals surface area contributed by atoms with Crippen molar-refractivity contribution < 1.29 is 14.3 Å². The van der Waals surface area contributed by atoms with Crippen molar-refractivity contribution in [3.8, 4) is 5.69 Å². The Bertz CT molecular complexity index is 1030. The zero-order valence-corrected chi connectivity index (χ0v) is 18.5. The Balaban J connectivity index is 1.80. The SMILES string of the molecule is CCOC(=O)[C@H](C(=O)CSc1nccn1-c1cc(C)ccc1C)c1nc(C)cs1. The molecule has 0 fully saturated rings. The summed E-state index contributed by atoms with van der Waals surface area (Å²) in [6.07, 6.45) is 3.59. The Kier molecular flexibility index (Phi) is 6.87. The summed E-state index contributed by atoms with van der Waals surface area (Å²) >= 11 is 2.61. The second-order valence-electron chi connectivity index (χ2n) is 6.64. The van der Waals surface area contributed by atoms with Crippen LogP contribution in [0.5, 0.6) is 0 Å². The Morgan fingerprint density at radius 2 is 2.07 bits per heavy atom. The van der Waals surface area contributed by atoms with E-state index in [1.165, 1.54) is 23.1 Å². The number of benzene rings is 1. The zero-order chi connectivity index (χ0) is 21.0. The second-order valence-corrected chi connectivity index (χ2v) is 8.47. The smallest absolute Gasteiger partial charge is 0.323 e. The van der Waals surface area contributed by atoms with Gasteiger partial charge in [-0.15, -0.1) is 11.3 Å². The van der Waals surface area contributed by atoms with Crippen LogP contribution >= 0.6 is 23.1 Å². The molecule has 0 aliphatic carbocycles. The van der Waals surface area contributed by atoms with Crippen LogP contribution in [0.1, 0.15) is 34.7 Å². The number of imidazole rings is 1. The summed E-state index contributed by atoms with van der Waals surface area (Å²) < 4.78 is 7.09. The Labute approximate surface area is 178 Å². The van der Waals surface area contributed by atoms with E-state index in [1.54, 1.807) is 13.1 Å². The van der Waals surface area contributed by atoms with E-state index >= 15 is 0 Å². The lowest BCUT2D eigenvalue weighted by Gasteiger charge is -2.13. The highest BCUT2D eigenvalue weighted by Gasteiger charge is 2.32. The number of ketones is 1. The zero-order valence-electron chi connectivity index (χ0n) is 16.8. The van der Waals surface area contributed by atoms with Gasteiger partial charge in [0.15, 0.2) is 16.9 Å². The van der Waals surface area contributed by atoms with E-state index in [0.29, 0.717) is 10.2 Å². The first-order chi connectivity index (χ1) is 13.9. The van der Waals surface area contributed by atoms with E-state index < -0.39 is 11.9 Å². The standard InChI is InChI=1S/C21H23N3O3S2/c1-5-27-20(26)18(19-23-15(4)11-28-19)17(25)12-29-21-22-8-9-24(21)16-10-13(2)6-7-14(16)3/h6-11,18H,5,12H2,1-4H3/t18-/m1/s1. The summed E-state index contributed by atoms with van der Waals surface area (Å²) in [4.78, 5) is 34.1. The van der Waals surface area contributed by atoms with Crippen LogP contribution in [0.3, 0.4) is 0 Å². The number of carbonyl (C=O) groups excluding carboxylic acids is 2. The third kappa shape index (κ3) is 4.94. The molecule has 2 heterocycles. The number of thioether (sulfide) groups is 1. The lowest BCUT2D eigenvalue weighted by molar-refractivity contribution is -0.147. The highest BCUT2D eigenvalue weighted by atomic mass is 32.2. The minimum absolute atomic E-state index is 0.101. The molecule has 8 heteroatoms. The number of thiazole rings is 1. The third-order valence-corrected chi connectivity index (χ3v) is 6.32. The number of nitrogens with zero attached hydrogens (tertiary/aromatic N) is 3. The highest BCUT2D eigenvalue weighted by molar-refractivity contribution is 7.99. The van der Waals surface area contributed by atoms with Crippen LogP contribution in [0, 0.1) is 20.8 Å². The van der Waals surface area contributed by atoms with Crippen LogP contribution in [-0.2, 0) is 14.3 Å². The van der Waals surface area contributed by atoms with E-state index in [1.807, 2.05) is 36.9 Å². The Hall–Kier alpha value is -2.45. The van der Waals surface area contributed by atoms with Gasteiger partial charge in [0.2, 0.25) is 0 Å². The van der Waals surface area contributed by atoms with Crippen LogP contribution in [0.2, 0.25) is 0 Å². The van der Waals surface area contributed by atoms with Crippen molar-refractivity contribution in [2.75, 3.05) is 12.4 Å². The van der Waals surface area contributed by atoms with E-state index in [0.717, 1.165) is 22.5 Å². The molecule has 29 heavy (non-hydrogen) atoms. The van der Waals surface area contributed by atoms with Gasteiger partial charge in [-0.05, 0) is 44.9 Å². The first-order valence-electron chi connectivity index (χ1n) is 9.25. The van der Waals surface area contributed by atoms with Crippen molar-refractivity contribution in [2.45, 2.75) is 38.8 Å². The van der Waals surface area contributed by atoms with Crippen molar-refractivity contribution in [2.24, 2.45) is 0 Å². The molecule has 3 aromatic rings. The summed E-state index contributed by atoms with van der Waals surface area (Å²) in [5.41, 5.74) is 4.07. The van der Waals surface area contributed by atoms with Gasteiger partial charge in [0.25, 0.3) is 0 Å². The Morgan fingerprint density at radius 1 is 1.28 bits per heavy atom. The quantitative estimate of drug-likeness (QED) is 0.303. The third-order valence-electron chi connectivity index (χ3n) is 4.30. The second kappa shape index (κ2) is 9.37. The lowest BCUT2D eigenvalue weighted by atomic mass is 10.1. The average Bonchev–Trinajstić information content (AvgIpc) is 3.31. The van der Waals surface area contributed by atoms with E-state index in [-0.39, 0.29) is 18.1 Å². The number of carbonyl (C=O) groups is 2. The number of rotatable bonds is 8. The number of Topliss-reactive ketones (excluding diaryl/α,β-unsaturated/α-hetero) is 1. The fourth-order valence-electron chi connectivity index (χ4n) is 2.88. The molecular weight excluding hydrogens is 406 g/mol. The summed E-state index contributed by atoms with van der Waals surface area (Å²) in [6.45, 7) is 7.86. The van der Waals surface area contributed by atoms with Crippen molar-refractivity contribution >= 4 is 34.9 Å². The molecule has 0 aliphatic heterocycles. The van der Waals surface area contributed by atoms with E-state index in [9.17, 15) is 9.59 Å². The average molecular weight is 430 g/mol. The van der Waals surface area contributed by atoms with Crippen LogP contribution in [0.15, 0.2) is 41.1 Å². The molecule has 0 unspecified atom stereocenters. The predicted molar refractivity (Wildman–Crippen MR) is 115 cm³/mol. The number of ether oxygens (including phenoxy) is 1. The summed E-state index contributed by atoms with van der Waals surface area (Å²) in [7, 11) is 0. The number of hydrogen-bond acceptors (Lipinski definition) is 7. The van der Waals surface area contributed by atoms with Crippen molar-refractivity contribution in [1.82, 2.24) is 14.5 Å². The molecule has 1 aromatic carbocycles. The monoisotopic (exact) mass is 429 g/mol. The summed E-state index contributed by atoms with van der Waals surface area (Å²) in [5.74, 6) is -1.68. The maximum Gasteiger partial charge on any atom is 0.323 e. The van der Waals surface area contributed by atoms with Crippen LogP contribution < -0.4 is 0 Å². The largest absolute Gasteiger partial charge is 0.465 e. The fourth-order valence-corrected chi connectivity index (χ4v) is 4.65. The maximum absolute atomic E-state index is 12.9. The minimum Gasteiger partial charge on any atom is -0.465 e. The van der Waals surface area contributed by atoms with Crippen molar-refractivity contribution in [3.05, 3.63) is 57.8 Å². The first kappa shape index (κ1) is 21.3. The topological polar surface area (TPSA) is 74.1 Å². The van der Waals surface area contributed by atoms with Gasteiger partial charge in [-0.25, -0.2) is 9.97 Å². The number of esters is 1. The van der Waals surface area contributed by atoms with Gasteiger partial charge in [0, 0.05) is 23.5 Å². The van der Waals surface area contributed by atoms with Gasteiger partial charge >= 0.3 is 5.97 Å². The molecule has 3 rings (SSSR count). The molecule has 0 bridgehead atoms. The molecule has 0 N–H and O–H groups in total. The van der Waals surface area contributed by atoms with Crippen LogP contribution in [0.25, 0.3) is 5.69 Å². The molecule has 0 aliphatic rings. The normalized spacial score (nSPS) is 12.0. The fraction of sp³-hybridized carbons (Fsp3) is 0.333. The predicted octanol–water partition coefficient (Wildman–Crippen LogP) is 4.26. The van der Waals surface area contributed by atoms with Crippen LogP contribution in [0.4, 0.5) is 0 Å². The lowest BCUT2D eigenvalue weighted by Crippen LogP contribution is -2.25. The molecule has 1 atom stereocenters. The van der Waals surface area contributed by atoms with Gasteiger partial charge in [-0.1, -0.05) is 23.9 Å². The maximum atomic E-state index is 12.9. The van der Waals surface area contributed by atoms with Crippen LogP contribution in [-0.4, -0.2) is 38.6 Å². The molecule has 0 saturated carbocycles. The molecule has 0 saturated heterocycles. The first-order valence-corrected chi connectivity index (χ1v) is 11.1. The molecule has 0 spiro atoms. The molecule has 0 radical (unpaired) electrons. The molecular formula is C21H23N3O3S2. The molecule has 152 valence electrons. The van der Waals surface area contributed by atoms with Gasteiger partial charge in [-0.2, -0.15) is 0 Å².